The van der Waals surface area contributed by atoms with Crippen LogP contribution in [-0.4, -0.2) is 36.4 Å². The third-order valence-electron chi connectivity index (χ3n) is 5.01. The Morgan fingerprint density at radius 1 is 1.39 bits per heavy atom. The molecular formula is C18H26N2O3. The summed E-state index contributed by atoms with van der Waals surface area (Å²) in [5.41, 5.74) is 1.16. The number of aliphatic hydroxyl groups is 1. The second-order valence-electron chi connectivity index (χ2n) is 6.78. The summed E-state index contributed by atoms with van der Waals surface area (Å²) in [5.74, 6) is 1.49. The van der Waals surface area contributed by atoms with E-state index in [2.05, 4.69) is 16.7 Å². The van der Waals surface area contributed by atoms with Crippen molar-refractivity contribution in [3.05, 3.63) is 29.8 Å². The van der Waals surface area contributed by atoms with Crippen LogP contribution in [0.5, 0.6) is 5.75 Å². The van der Waals surface area contributed by atoms with Crippen molar-refractivity contribution < 1.29 is 14.6 Å². The molecule has 0 bridgehead atoms. The maximum Gasteiger partial charge on any atom is 0.315 e. The van der Waals surface area contributed by atoms with Gasteiger partial charge in [0, 0.05) is 24.1 Å². The van der Waals surface area contributed by atoms with Crippen molar-refractivity contribution in [1.29, 1.82) is 0 Å². The van der Waals surface area contributed by atoms with E-state index in [1.54, 1.807) is 0 Å². The highest BCUT2D eigenvalue weighted by molar-refractivity contribution is 5.74. The van der Waals surface area contributed by atoms with Crippen LogP contribution in [0.1, 0.15) is 44.1 Å². The van der Waals surface area contributed by atoms with E-state index in [4.69, 9.17) is 4.74 Å². The van der Waals surface area contributed by atoms with Crippen LogP contribution in [0.2, 0.25) is 0 Å². The molecule has 1 fully saturated rings. The standard InChI is InChI=1S/C18H26N2O3/c1-12(16-11-23-17-8-3-2-7-15(16)17)20-18(22)19-10-13-5-4-6-14(21)9-13/h2-3,7-8,12-14,16,21H,4-6,9-11H2,1H3,(H2,19,20,22). The van der Waals surface area contributed by atoms with E-state index in [-0.39, 0.29) is 24.1 Å². The summed E-state index contributed by atoms with van der Waals surface area (Å²) in [7, 11) is 0. The molecule has 1 saturated carbocycles. The molecule has 0 radical (unpaired) electrons. The van der Waals surface area contributed by atoms with Gasteiger partial charge in [-0.25, -0.2) is 4.79 Å². The Labute approximate surface area is 137 Å². The smallest absolute Gasteiger partial charge is 0.315 e. The number of carbonyl (C=O) groups is 1. The summed E-state index contributed by atoms with van der Waals surface area (Å²) in [6.45, 7) is 3.25. The summed E-state index contributed by atoms with van der Waals surface area (Å²) in [6.07, 6.45) is 3.60. The molecule has 5 nitrogen and oxygen atoms in total. The lowest BCUT2D eigenvalue weighted by atomic mass is 9.87. The first-order valence-corrected chi connectivity index (χ1v) is 8.57. The van der Waals surface area contributed by atoms with Gasteiger partial charge in [-0.15, -0.1) is 0 Å². The zero-order chi connectivity index (χ0) is 16.2. The molecular weight excluding hydrogens is 292 g/mol. The number of carbonyl (C=O) groups excluding carboxylic acids is 1. The SMILES string of the molecule is CC(NC(=O)NCC1CCCC(O)C1)C1COc2ccccc21. The van der Waals surface area contributed by atoms with Crippen LogP contribution in [-0.2, 0) is 0 Å². The van der Waals surface area contributed by atoms with Crippen molar-refractivity contribution in [2.75, 3.05) is 13.2 Å². The number of fused-ring (bicyclic) bond motifs is 1. The third-order valence-corrected chi connectivity index (χ3v) is 5.01. The van der Waals surface area contributed by atoms with Crippen LogP contribution in [0.4, 0.5) is 4.79 Å². The Hall–Kier alpha value is -1.75. The third kappa shape index (κ3) is 3.96. The first-order valence-electron chi connectivity index (χ1n) is 8.57. The van der Waals surface area contributed by atoms with Gasteiger partial charge in [0.25, 0.3) is 0 Å². The average Bonchev–Trinajstić information content (AvgIpc) is 2.97. The molecule has 1 heterocycles. The van der Waals surface area contributed by atoms with E-state index in [1.807, 2.05) is 25.1 Å². The molecule has 5 heteroatoms. The molecule has 126 valence electrons. The van der Waals surface area contributed by atoms with Crippen LogP contribution in [0.3, 0.4) is 0 Å². The summed E-state index contributed by atoms with van der Waals surface area (Å²) in [6, 6.07) is 7.87. The van der Waals surface area contributed by atoms with E-state index in [0.29, 0.717) is 19.1 Å². The Morgan fingerprint density at radius 2 is 2.22 bits per heavy atom. The van der Waals surface area contributed by atoms with Crippen molar-refractivity contribution in [3.8, 4) is 5.75 Å². The quantitative estimate of drug-likeness (QED) is 0.798. The fourth-order valence-corrected chi connectivity index (χ4v) is 3.64. The highest BCUT2D eigenvalue weighted by Gasteiger charge is 2.29. The molecule has 1 aliphatic heterocycles. The Balaban J connectivity index is 1.46. The van der Waals surface area contributed by atoms with Crippen molar-refractivity contribution in [2.24, 2.45) is 5.92 Å². The number of hydrogen-bond acceptors (Lipinski definition) is 3. The number of amides is 2. The van der Waals surface area contributed by atoms with Crippen molar-refractivity contribution in [2.45, 2.75) is 50.7 Å². The Kier molecular flexibility index (Phi) is 5.06. The Morgan fingerprint density at radius 3 is 3.04 bits per heavy atom. The van der Waals surface area contributed by atoms with Crippen LogP contribution in [0.15, 0.2) is 24.3 Å². The lowest BCUT2D eigenvalue weighted by molar-refractivity contribution is 0.101. The van der Waals surface area contributed by atoms with Gasteiger partial charge in [-0.05, 0) is 38.2 Å². The number of rotatable bonds is 4. The second kappa shape index (κ2) is 7.21. The zero-order valence-corrected chi connectivity index (χ0v) is 13.6. The molecule has 2 amide bonds. The number of nitrogens with one attached hydrogen (secondary N) is 2. The second-order valence-corrected chi connectivity index (χ2v) is 6.78. The molecule has 2 aliphatic rings. The van der Waals surface area contributed by atoms with Crippen LogP contribution >= 0.6 is 0 Å². The number of aliphatic hydroxyl groups excluding tert-OH is 1. The van der Waals surface area contributed by atoms with Crippen LogP contribution in [0.25, 0.3) is 0 Å². The summed E-state index contributed by atoms with van der Waals surface area (Å²) in [4.78, 5) is 12.1. The molecule has 1 aliphatic carbocycles. The van der Waals surface area contributed by atoms with E-state index >= 15 is 0 Å². The van der Waals surface area contributed by atoms with E-state index in [1.165, 1.54) is 0 Å². The maximum atomic E-state index is 12.1. The number of para-hydroxylation sites is 1. The number of ether oxygens (including phenoxy) is 1. The highest BCUT2D eigenvalue weighted by Crippen LogP contribution is 2.35. The molecule has 1 aromatic carbocycles. The van der Waals surface area contributed by atoms with Gasteiger partial charge in [-0.3, -0.25) is 0 Å². The minimum Gasteiger partial charge on any atom is -0.493 e. The van der Waals surface area contributed by atoms with Crippen LogP contribution in [0, 0.1) is 5.92 Å². The van der Waals surface area contributed by atoms with Crippen molar-refractivity contribution in [3.63, 3.8) is 0 Å². The first kappa shape index (κ1) is 16.1. The molecule has 1 aromatic rings. The molecule has 3 rings (SSSR count). The number of benzene rings is 1. The largest absolute Gasteiger partial charge is 0.493 e. The molecule has 0 saturated heterocycles. The van der Waals surface area contributed by atoms with Gasteiger partial charge in [0.2, 0.25) is 0 Å². The van der Waals surface area contributed by atoms with Gasteiger partial charge in [0.15, 0.2) is 0 Å². The molecule has 0 spiro atoms. The topological polar surface area (TPSA) is 70.6 Å². The monoisotopic (exact) mass is 318 g/mol. The lowest BCUT2D eigenvalue weighted by Crippen LogP contribution is -2.45. The predicted molar refractivity (Wildman–Crippen MR) is 88.6 cm³/mol. The van der Waals surface area contributed by atoms with Crippen LogP contribution < -0.4 is 15.4 Å². The lowest BCUT2D eigenvalue weighted by Gasteiger charge is -2.26. The maximum absolute atomic E-state index is 12.1. The average molecular weight is 318 g/mol. The van der Waals surface area contributed by atoms with Gasteiger partial charge in [0.1, 0.15) is 5.75 Å². The van der Waals surface area contributed by atoms with Crippen molar-refractivity contribution >= 4 is 6.03 Å². The predicted octanol–water partition coefficient (Wildman–Crippen LogP) is 2.40. The van der Waals surface area contributed by atoms with Gasteiger partial charge in [-0.2, -0.15) is 0 Å². The minimum absolute atomic E-state index is 0.00981. The van der Waals surface area contributed by atoms with Gasteiger partial charge in [-0.1, -0.05) is 24.6 Å². The van der Waals surface area contributed by atoms with E-state index < -0.39 is 0 Å². The fraction of sp³-hybridized carbons (Fsp3) is 0.611. The Bertz CT molecular complexity index is 549. The molecule has 0 aromatic heterocycles. The molecule has 4 atom stereocenters. The minimum atomic E-state index is -0.204. The van der Waals surface area contributed by atoms with Crippen molar-refractivity contribution in [1.82, 2.24) is 10.6 Å². The van der Waals surface area contributed by atoms with E-state index in [0.717, 1.165) is 37.0 Å². The molecule has 4 unspecified atom stereocenters. The first-order chi connectivity index (χ1) is 11.1. The fourth-order valence-electron chi connectivity index (χ4n) is 3.64. The number of hydrogen-bond donors (Lipinski definition) is 3. The zero-order valence-electron chi connectivity index (χ0n) is 13.6. The van der Waals surface area contributed by atoms with Gasteiger partial charge < -0.3 is 20.5 Å². The van der Waals surface area contributed by atoms with Gasteiger partial charge >= 0.3 is 6.03 Å². The number of urea groups is 1. The summed E-state index contributed by atoms with van der Waals surface area (Å²) < 4.78 is 5.68. The van der Waals surface area contributed by atoms with Gasteiger partial charge in [0.05, 0.1) is 12.7 Å². The molecule has 23 heavy (non-hydrogen) atoms. The molecule has 3 N–H and O–H groups in total. The summed E-state index contributed by atoms with van der Waals surface area (Å²) >= 11 is 0. The highest BCUT2D eigenvalue weighted by atomic mass is 16.5. The normalized spacial score (nSPS) is 27.7. The summed E-state index contributed by atoms with van der Waals surface area (Å²) in [5, 5.41) is 15.7. The van der Waals surface area contributed by atoms with E-state index in [9.17, 15) is 9.90 Å².